The van der Waals surface area contributed by atoms with E-state index >= 15 is 0 Å². The second-order valence-corrected chi connectivity index (χ2v) is 9.47. The summed E-state index contributed by atoms with van der Waals surface area (Å²) in [5.74, 6) is 0. The van der Waals surface area contributed by atoms with Gasteiger partial charge in [0, 0.05) is 0 Å². The quantitative estimate of drug-likeness (QED) is 0.437. The van der Waals surface area contributed by atoms with Gasteiger partial charge in [0.1, 0.15) is 0 Å². The SMILES string of the molecule is CC(C)(C)c1ccc2c(c1)[pH]c1cc(C(C)(C)C)ccc12. The number of hydrogen-bond donors (Lipinski definition) is 0. The summed E-state index contributed by atoms with van der Waals surface area (Å²) in [4.78, 5) is 0. The standard InChI is InChI=1S/C20H25P/c1-19(2,3)13-7-9-15-16-10-8-14(20(4,5)6)12-18(16)21-17(15)11-13/h7-12,21H,1-6H3. The number of hydrogen-bond acceptors (Lipinski definition) is 0. The third-order valence-electron chi connectivity index (χ3n) is 4.33. The molecule has 0 fully saturated rings. The van der Waals surface area contributed by atoms with Crippen LogP contribution in [0.25, 0.3) is 21.0 Å². The van der Waals surface area contributed by atoms with Gasteiger partial charge in [-0.05, 0) is 55.1 Å². The van der Waals surface area contributed by atoms with Gasteiger partial charge in [-0.15, -0.1) is 8.19 Å². The van der Waals surface area contributed by atoms with Crippen LogP contribution in [0.5, 0.6) is 0 Å². The van der Waals surface area contributed by atoms with E-state index in [1.807, 2.05) is 0 Å². The average molecular weight is 296 g/mol. The molecular weight excluding hydrogens is 271 g/mol. The van der Waals surface area contributed by atoms with E-state index in [4.69, 9.17) is 0 Å². The Morgan fingerprint density at radius 2 is 1.00 bits per heavy atom. The van der Waals surface area contributed by atoms with Crippen molar-refractivity contribution in [2.45, 2.75) is 52.4 Å². The van der Waals surface area contributed by atoms with E-state index in [9.17, 15) is 0 Å². The highest BCUT2D eigenvalue weighted by Crippen LogP contribution is 2.41. The Hall–Kier alpha value is -1.26. The lowest BCUT2D eigenvalue weighted by Crippen LogP contribution is -2.10. The van der Waals surface area contributed by atoms with Gasteiger partial charge in [-0.1, -0.05) is 65.8 Å². The zero-order valence-electron chi connectivity index (χ0n) is 14.0. The van der Waals surface area contributed by atoms with E-state index in [2.05, 4.69) is 77.9 Å². The lowest BCUT2D eigenvalue weighted by molar-refractivity contribution is 0.591. The minimum Gasteiger partial charge on any atom is -0.123 e. The molecule has 1 heteroatoms. The summed E-state index contributed by atoms with van der Waals surface area (Å²) in [6, 6.07) is 14.1. The van der Waals surface area contributed by atoms with Gasteiger partial charge in [0.15, 0.2) is 0 Å². The minimum absolute atomic E-state index is 0.227. The topological polar surface area (TPSA) is 0 Å². The van der Waals surface area contributed by atoms with Crippen LogP contribution in [0.2, 0.25) is 0 Å². The average Bonchev–Trinajstić information content (AvgIpc) is 2.73. The smallest absolute Gasteiger partial charge is 0.000309 e. The fourth-order valence-corrected chi connectivity index (χ4v) is 4.29. The van der Waals surface area contributed by atoms with Crippen LogP contribution >= 0.6 is 8.19 Å². The van der Waals surface area contributed by atoms with Gasteiger partial charge in [-0.25, -0.2) is 0 Å². The Balaban J connectivity index is 2.24. The van der Waals surface area contributed by atoms with Crippen LogP contribution in [-0.4, -0.2) is 0 Å². The zero-order chi connectivity index (χ0) is 15.4. The zero-order valence-corrected chi connectivity index (χ0v) is 15.0. The Labute approximate surface area is 129 Å². The molecule has 3 rings (SSSR count). The van der Waals surface area contributed by atoms with Gasteiger partial charge in [-0.3, -0.25) is 0 Å². The van der Waals surface area contributed by atoms with E-state index in [0.717, 1.165) is 8.19 Å². The van der Waals surface area contributed by atoms with Crippen molar-refractivity contribution in [2.75, 3.05) is 0 Å². The fraction of sp³-hybridized carbons (Fsp3) is 0.400. The summed E-state index contributed by atoms with van der Waals surface area (Å²) in [6.45, 7) is 13.7. The van der Waals surface area contributed by atoms with Crippen molar-refractivity contribution in [2.24, 2.45) is 0 Å². The van der Waals surface area contributed by atoms with Crippen molar-refractivity contribution >= 4 is 29.2 Å². The first-order valence-corrected chi connectivity index (χ1v) is 8.73. The lowest BCUT2D eigenvalue weighted by atomic mass is 9.86. The fourth-order valence-electron chi connectivity index (χ4n) is 2.84. The van der Waals surface area contributed by atoms with E-state index in [1.165, 1.54) is 32.1 Å². The molecule has 0 aliphatic carbocycles. The molecule has 2 aromatic carbocycles. The third kappa shape index (κ3) is 2.62. The van der Waals surface area contributed by atoms with Crippen molar-refractivity contribution in [3.05, 3.63) is 47.5 Å². The molecule has 0 amide bonds. The number of rotatable bonds is 0. The molecule has 0 atom stereocenters. The highest BCUT2D eigenvalue weighted by molar-refractivity contribution is 7.43. The highest BCUT2D eigenvalue weighted by Gasteiger charge is 2.17. The summed E-state index contributed by atoms with van der Waals surface area (Å²) in [5.41, 5.74) is 3.34. The van der Waals surface area contributed by atoms with Gasteiger partial charge >= 0.3 is 0 Å². The van der Waals surface area contributed by atoms with Crippen LogP contribution in [0.3, 0.4) is 0 Å². The minimum atomic E-state index is 0.227. The third-order valence-corrected chi connectivity index (χ3v) is 5.70. The first-order chi connectivity index (χ1) is 9.66. The van der Waals surface area contributed by atoms with Crippen LogP contribution in [0.4, 0.5) is 0 Å². The Bertz CT molecular complexity index is 739. The number of fused-ring (bicyclic) bond motifs is 3. The predicted molar refractivity (Wildman–Crippen MR) is 98.4 cm³/mol. The first kappa shape index (κ1) is 14.7. The number of benzene rings is 2. The molecule has 0 spiro atoms. The molecule has 0 radical (unpaired) electrons. The van der Waals surface area contributed by atoms with Gasteiger partial charge in [0.05, 0.1) is 0 Å². The molecule has 0 bridgehead atoms. The molecular formula is C20H25P. The van der Waals surface area contributed by atoms with Gasteiger partial charge in [0.25, 0.3) is 0 Å². The molecule has 0 N–H and O–H groups in total. The van der Waals surface area contributed by atoms with Crippen molar-refractivity contribution in [1.82, 2.24) is 0 Å². The van der Waals surface area contributed by atoms with Crippen LogP contribution in [0, 0.1) is 0 Å². The molecule has 0 unspecified atom stereocenters. The van der Waals surface area contributed by atoms with Gasteiger partial charge in [0.2, 0.25) is 0 Å². The van der Waals surface area contributed by atoms with Crippen molar-refractivity contribution in [1.29, 1.82) is 0 Å². The van der Waals surface area contributed by atoms with Crippen LogP contribution in [0.1, 0.15) is 52.7 Å². The largest absolute Gasteiger partial charge is 0.123 e. The highest BCUT2D eigenvalue weighted by atomic mass is 31.0. The maximum atomic E-state index is 2.42. The van der Waals surface area contributed by atoms with Crippen LogP contribution in [-0.2, 0) is 10.8 Å². The van der Waals surface area contributed by atoms with Crippen LogP contribution in [0.15, 0.2) is 36.4 Å². The molecule has 3 aromatic rings. The molecule has 0 saturated carbocycles. The molecule has 1 heterocycles. The lowest BCUT2D eigenvalue weighted by Gasteiger charge is -2.19. The van der Waals surface area contributed by atoms with E-state index in [-0.39, 0.29) is 10.8 Å². The molecule has 0 nitrogen and oxygen atoms in total. The maximum absolute atomic E-state index is 2.42. The predicted octanol–water partition coefficient (Wildman–Crippen LogP) is 6.62. The Morgan fingerprint density at radius 1 is 0.619 bits per heavy atom. The molecule has 0 aliphatic rings. The summed E-state index contributed by atoms with van der Waals surface area (Å²) < 4.78 is 0. The van der Waals surface area contributed by atoms with Crippen molar-refractivity contribution in [3.8, 4) is 0 Å². The summed E-state index contributed by atoms with van der Waals surface area (Å²) in [5, 5.41) is 5.92. The molecule has 21 heavy (non-hydrogen) atoms. The Morgan fingerprint density at radius 3 is 1.33 bits per heavy atom. The second kappa shape index (κ2) is 4.62. The van der Waals surface area contributed by atoms with Gasteiger partial charge < -0.3 is 0 Å². The van der Waals surface area contributed by atoms with Crippen LogP contribution < -0.4 is 0 Å². The summed E-state index contributed by atoms with van der Waals surface area (Å²) >= 11 is 0. The molecule has 0 saturated heterocycles. The van der Waals surface area contributed by atoms with E-state index in [1.54, 1.807) is 0 Å². The van der Waals surface area contributed by atoms with Gasteiger partial charge in [-0.2, -0.15) is 0 Å². The van der Waals surface area contributed by atoms with Crippen molar-refractivity contribution < 1.29 is 0 Å². The van der Waals surface area contributed by atoms with E-state index in [0.29, 0.717) is 0 Å². The van der Waals surface area contributed by atoms with E-state index < -0.39 is 0 Å². The molecule has 110 valence electrons. The summed E-state index contributed by atoms with van der Waals surface area (Å²) in [7, 11) is 0.802. The Kier molecular flexibility index (Phi) is 3.22. The molecule has 0 aliphatic heterocycles. The van der Waals surface area contributed by atoms with Crippen molar-refractivity contribution in [3.63, 3.8) is 0 Å². The maximum Gasteiger partial charge on any atom is -0.000309 e. The normalized spacial score (nSPS) is 13.2. The monoisotopic (exact) mass is 296 g/mol. The first-order valence-electron chi connectivity index (χ1n) is 7.73. The summed E-state index contributed by atoms with van der Waals surface area (Å²) in [6.07, 6.45) is 0. The molecule has 1 aromatic heterocycles. The second-order valence-electron chi connectivity index (χ2n) is 8.15.